The lowest BCUT2D eigenvalue weighted by Gasteiger charge is -2.21. The molecule has 1 N–H and O–H groups in total. The number of thioether (sulfide) groups is 1. The molecule has 2 aliphatic rings. The minimum absolute atomic E-state index is 0.345. The summed E-state index contributed by atoms with van der Waals surface area (Å²) in [4.78, 5) is 51.4. The van der Waals surface area contributed by atoms with Crippen LogP contribution in [0.1, 0.15) is 19.8 Å². The largest absolute Gasteiger partial charge is 0.454 e. The number of benzene rings is 1. The molecule has 28 heavy (non-hydrogen) atoms. The topological polar surface area (TPSA) is 92.8 Å². The lowest BCUT2D eigenvalue weighted by Crippen LogP contribution is -2.45. The first-order valence-electron chi connectivity index (χ1n) is 9.05. The van der Waals surface area contributed by atoms with E-state index in [2.05, 4.69) is 5.32 Å². The fraction of sp³-hybridized carbons (Fsp3) is 0.400. The van der Waals surface area contributed by atoms with E-state index in [1.165, 1.54) is 18.7 Å². The molecule has 0 unspecified atom stereocenters. The number of amides is 3. The molecule has 0 spiro atoms. The second-order valence-electron chi connectivity index (χ2n) is 6.73. The molecule has 1 aliphatic carbocycles. The zero-order valence-electron chi connectivity index (χ0n) is 15.7. The number of fused-ring (bicyclic) bond motifs is 1. The Bertz CT molecular complexity index is 812. The van der Waals surface area contributed by atoms with Gasteiger partial charge in [0.1, 0.15) is 6.04 Å². The summed E-state index contributed by atoms with van der Waals surface area (Å²) in [6.45, 7) is 0.959. The van der Waals surface area contributed by atoms with Gasteiger partial charge in [0.05, 0.1) is 17.5 Å². The molecular formula is C20H22N2O5S. The van der Waals surface area contributed by atoms with Gasteiger partial charge in [-0.3, -0.25) is 19.3 Å². The fourth-order valence-electron chi connectivity index (χ4n) is 3.50. The highest BCUT2D eigenvalue weighted by Gasteiger charge is 2.50. The molecule has 1 saturated heterocycles. The summed E-state index contributed by atoms with van der Waals surface area (Å²) in [5, 5.41) is 2.69. The Hall–Kier alpha value is -2.61. The average molecular weight is 402 g/mol. The Kier molecular flexibility index (Phi) is 6.18. The SMILES string of the molecule is CSc1ccccc1NC(=O)COC(=O)[C@H](C)N1C(=O)[C@H]2CC=CC[C@H]2C1=O. The summed E-state index contributed by atoms with van der Waals surface area (Å²) >= 11 is 1.48. The molecule has 3 amide bonds. The van der Waals surface area contributed by atoms with E-state index in [9.17, 15) is 19.2 Å². The van der Waals surface area contributed by atoms with E-state index in [4.69, 9.17) is 4.74 Å². The van der Waals surface area contributed by atoms with Crippen molar-refractivity contribution in [2.24, 2.45) is 11.8 Å². The van der Waals surface area contributed by atoms with Crippen LogP contribution in [0.4, 0.5) is 5.69 Å². The van der Waals surface area contributed by atoms with Crippen LogP contribution in [0.5, 0.6) is 0 Å². The summed E-state index contributed by atoms with van der Waals surface area (Å²) in [6.07, 6.45) is 6.67. The molecule has 1 fully saturated rings. The second-order valence-corrected chi connectivity index (χ2v) is 7.58. The van der Waals surface area contributed by atoms with Crippen molar-refractivity contribution in [3.8, 4) is 0 Å². The van der Waals surface area contributed by atoms with Crippen molar-refractivity contribution < 1.29 is 23.9 Å². The maximum absolute atomic E-state index is 12.5. The highest BCUT2D eigenvalue weighted by Crippen LogP contribution is 2.36. The minimum Gasteiger partial charge on any atom is -0.454 e. The maximum atomic E-state index is 12.5. The molecule has 7 nitrogen and oxygen atoms in total. The molecular weight excluding hydrogens is 380 g/mol. The number of hydrogen-bond donors (Lipinski definition) is 1. The van der Waals surface area contributed by atoms with Crippen molar-refractivity contribution in [3.05, 3.63) is 36.4 Å². The van der Waals surface area contributed by atoms with Crippen LogP contribution < -0.4 is 5.32 Å². The highest BCUT2D eigenvalue weighted by atomic mass is 32.2. The zero-order valence-corrected chi connectivity index (χ0v) is 16.5. The van der Waals surface area contributed by atoms with Gasteiger partial charge in [-0.2, -0.15) is 0 Å². The Morgan fingerprint density at radius 2 is 1.79 bits per heavy atom. The number of rotatable bonds is 6. The van der Waals surface area contributed by atoms with Crippen molar-refractivity contribution in [1.82, 2.24) is 4.90 Å². The van der Waals surface area contributed by atoms with Crippen LogP contribution in [-0.4, -0.2) is 47.5 Å². The van der Waals surface area contributed by atoms with Gasteiger partial charge in [-0.15, -0.1) is 11.8 Å². The summed E-state index contributed by atoms with van der Waals surface area (Å²) < 4.78 is 5.05. The summed E-state index contributed by atoms with van der Waals surface area (Å²) in [5.74, 6) is -2.76. The van der Waals surface area contributed by atoms with Gasteiger partial charge in [0.15, 0.2) is 6.61 Å². The summed E-state index contributed by atoms with van der Waals surface area (Å²) in [6, 6.07) is 6.22. The first kappa shape index (κ1) is 20.1. The number of likely N-dealkylation sites (tertiary alicyclic amines) is 1. The van der Waals surface area contributed by atoms with Crippen molar-refractivity contribution in [2.75, 3.05) is 18.2 Å². The zero-order chi connectivity index (χ0) is 20.3. The average Bonchev–Trinajstić information content (AvgIpc) is 2.96. The predicted octanol–water partition coefficient (Wildman–Crippen LogP) is 2.23. The summed E-state index contributed by atoms with van der Waals surface area (Å²) in [5.41, 5.74) is 0.630. The Balaban J connectivity index is 1.56. The lowest BCUT2D eigenvalue weighted by molar-refractivity contribution is -0.159. The Morgan fingerprint density at radius 3 is 2.39 bits per heavy atom. The van der Waals surface area contributed by atoms with Crippen molar-refractivity contribution in [1.29, 1.82) is 0 Å². The standard InChI is InChI=1S/C20H22N2O5S/c1-12(22-18(24)13-7-3-4-8-14(13)19(22)25)20(26)27-11-17(23)21-15-9-5-6-10-16(15)28-2/h3-6,9-10,12-14H,7-8,11H2,1-2H3,(H,21,23)/t12-,13-,14+/m0/s1. The van der Waals surface area contributed by atoms with Gasteiger partial charge in [-0.25, -0.2) is 4.79 Å². The molecule has 1 aliphatic heterocycles. The van der Waals surface area contributed by atoms with Gasteiger partial charge in [0.25, 0.3) is 5.91 Å². The number of anilines is 1. The molecule has 1 aromatic carbocycles. The number of imide groups is 1. The van der Waals surface area contributed by atoms with Gasteiger partial charge in [0, 0.05) is 4.90 Å². The van der Waals surface area contributed by atoms with Gasteiger partial charge in [0.2, 0.25) is 11.8 Å². The number of carbonyl (C=O) groups is 4. The van der Waals surface area contributed by atoms with E-state index in [-0.39, 0.29) is 11.8 Å². The normalized spacial score (nSPS) is 22.0. The number of nitrogens with zero attached hydrogens (tertiary/aromatic N) is 1. The molecule has 0 radical (unpaired) electrons. The fourth-order valence-corrected chi connectivity index (χ4v) is 4.06. The minimum atomic E-state index is -1.06. The van der Waals surface area contributed by atoms with E-state index in [1.54, 1.807) is 12.1 Å². The van der Waals surface area contributed by atoms with Crippen LogP contribution in [0.3, 0.4) is 0 Å². The first-order valence-corrected chi connectivity index (χ1v) is 10.3. The molecule has 3 rings (SSSR count). The monoisotopic (exact) mass is 402 g/mol. The molecule has 0 bridgehead atoms. The number of carbonyl (C=O) groups excluding carboxylic acids is 4. The van der Waals surface area contributed by atoms with Gasteiger partial charge < -0.3 is 10.1 Å². The molecule has 3 atom stereocenters. The third-order valence-corrected chi connectivity index (χ3v) is 5.79. The van der Waals surface area contributed by atoms with E-state index < -0.39 is 36.4 Å². The van der Waals surface area contributed by atoms with E-state index >= 15 is 0 Å². The third kappa shape index (κ3) is 3.96. The number of allylic oxidation sites excluding steroid dienone is 2. The number of ether oxygens (including phenoxy) is 1. The van der Waals surface area contributed by atoms with E-state index in [0.29, 0.717) is 18.5 Å². The molecule has 0 aromatic heterocycles. The van der Waals surface area contributed by atoms with Crippen LogP contribution in [0.15, 0.2) is 41.3 Å². The van der Waals surface area contributed by atoms with Gasteiger partial charge in [-0.1, -0.05) is 24.3 Å². The van der Waals surface area contributed by atoms with Crippen LogP contribution in [0.2, 0.25) is 0 Å². The number of esters is 1. The molecule has 148 valence electrons. The molecule has 8 heteroatoms. The second kappa shape index (κ2) is 8.60. The van der Waals surface area contributed by atoms with E-state index in [0.717, 1.165) is 9.80 Å². The first-order chi connectivity index (χ1) is 13.4. The van der Waals surface area contributed by atoms with Crippen LogP contribution >= 0.6 is 11.8 Å². The van der Waals surface area contributed by atoms with Crippen molar-refractivity contribution in [3.63, 3.8) is 0 Å². The highest BCUT2D eigenvalue weighted by molar-refractivity contribution is 7.98. The smallest absolute Gasteiger partial charge is 0.329 e. The molecule has 1 heterocycles. The Morgan fingerprint density at radius 1 is 1.18 bits per heavy atom. The van der Waals surface area contributed by atoms with Crippen molar-refractivity contribution >= 4 is 41.1 Å². The quantitative estimate of drug-likeness (QED) is 0.339. The van der Waals surface area contributed by atoms with Gasteiger partial charge in [-0.05, 0) is 38.2 Å². The van der Waals surface area contributed by atoms with Crippen LogP contribution in [-0.2, 0) is 23.9 Å². The third-order valence-electron chi connectivity index (χ3n) is 5.00. The van der Waals surface area contributed by atoms with Crippen LogP contribution in [0.25, 0.3) is 0 Å². The predicted molar refractivity (Wildman–Crippen MR) is 104 cm³/mol. The lowest BCUT2D eigenvalue weighted by atomic mass is 9.85. The molecule has 1 aromatic rings. The van der Waals surface area contributed by atoms with Crippen LogP contribution in [0, 0.1) is 11.8 Å². The van der Waals surface area contributed by atoms with Gasteiger partial charge >= 0.3 is 5.97 Å². The number of nitrogens with one attached hydrogen (secondary N) is 1. The number of para-hydroxylation sites is 1. The molecule has 0 saturated carbocycles. The Labute approximate surface area is 167 Å². The maximum Gasteiger partial charge on any atom is 0.329 e. The van der Waals surface area contributed by atoms with Crippen molar-refractivity contribution in [2.45, 2.75) is 30.7 Å². The summed E-state index contributed by atoms with van der Waals surface area (Å²) in [7, 11) is 0. The number of hydrogen-bond acceptors (Lipinski definition) is 6. The van der Waals surface area contributed by atoms with E-state index in [1.807, 2.05) is 30.5 Å².